The molecule has 30 heavy (non-hydrogen) atoms. The SMILES string of the molecule is CCOC(=O)N(c1ccc(Cl)cc1)c1nc(-n2nc(C)cc2C)nc2c1ncn2C. The summed E-state index contributed by atoms with van der Waals surface area (Å²) in [5.74, 6) is 0.624. The molecular formula is C20H20ClN7O2. The Bertz CT molecular complexity index is 1230. The first-order chi connectivity index (χ1) is 14.4. The van der Waals surface area contributed by atoms with Crippen molar-refractivity contribution in [2.75, 3.05) is 11.5 Å². The van der Waals surface area contributed by atoms with Crippen molar-refractivity contribution in [2.45, 2.75) is 20.8 Å². The number of anilines is 2. The van der Waals surface area contributed by atoms with E-state index in [1.165, 1.54) is 4.90 Å². The zero-order valence-corrected chi connectivity index (χ0v) is 17.8. The highest BCUT2D eigenvalue weighted by molar-refractivity contribution is 6.30. The van der Waals surface area contributed by atoms with E-state index in [0.29, 0.717) is 33.6 Å². The minimum atomic E-state index is -0.579. The average molecular weight is 426 g/mol. The molecule has 154 valence electrons. The predicted octanol–water partition coefficient (Wildman–Crippen LogP) is 4.11. The van der Waals surface area contributed by atoms with E-state index >= 15 is 0 Å². The van der Waals surface area contributed by atoms with Crippen LogP contribution in [0.3, 0.4) is 0 Å². The number of hydrogen-bond donors (Lipinski definition) is 0. The van der Waals surface area contributed by atoms with Crippen LogP contribution in [0.4, 0.5) is 16.3 Å². The Morgan fingerprint density at radius 2 is 1.93 bits per heavy atom. The van der Waals surface area contributed by atoms with E-state index in [-0.39, 0.29) is 6.61 Å². The maximum atomic E-state index is 13.0. The van der Waals surface area contributed by atoms with Crippen molar-refractivity contribution in [2.24, 2.45) is 7.05 Å². The lowest BCUT2D eigenvalue weighted by Gasteiger charge is -2.22. The van der Waals surface area contributed by atoms with Gasteiger partial charge in [0.15, 0.2) is 17.0 Å². The maximum absolute atomic E-state index is 13.0. The van der Waals surface area contributed by atoms with Gasteiger partial charge in [-0.25, -0.2) is 19.4 Å². The van der Waals surface area contributed by atoms with Gasteiger partial charge < -0.3 is 9.30 Å². The molecule has 1 aromatic carbocycles. The normalized spacial score (nSPS) is 11.1. The molecule has 1 amide bonds. The third-order valence-electron chi connectivity index (χ3n) is 4.48. The summed E-state index contributed by atoms with van der Waals surface area (Å²) in [6, 6.07) is 8.76. The third-order valence-corrected chi connectivity index (χ3v) is 4.73. The molecule has 0 unspecified atom stereocenters. The first-order valence-electron chi connectivity index (χ1n) is 9.34. The van der Waals surface area contributed by atoms with E-state index in [0.717, 1.165) is 11.4 Å². The van der Waals surface area contributed by atoms with Crippen LogP contribution >= 0.6 is 11.6 Å². The number of fused-ring (bicyclic) bond motifs is 1. The number of rotatable bonds is 4. The van der Waals surface area contributed by atoms with Crippen molar-refractivity contribution in [3.63, 3.8) is 0 Å². The van der Waals surface area contributed by atoms with Gasteiger partial charge in [-0.05, 0) is 51.1 Å². The second-order valence-electron chi connectivity index (χ2n) is 6.72. The molecule has 0 fully saturated rings. The van der Waals surface area contributed by atoms with Crippen LogP contribution in [0, 0.1) is 13.8 Å². The molecular weight excluding hydrogens is 406 g/mol. The van der Waals surface area contributed by atoms with Gasteiger partial charge in [-0.15, -0.1) is 0 Å². The summed E-state index contributed by atoms with van der Waals surface area (Å²) in [4.78, 5) is 28.0. The molecule has 0 aliphatic heterocycles. The summed E-state index contributed by atoms with van der Waals surface area (Å²) < 4.78 is 8.71. The van der Waals surface area contributed by atoms with Crippen molar-refractivity contribution in [1.82, 2.24) is 29.3 Å². The Morgan fingerprint density at radius 3 is 2.57 bits per heavy atom. The van der Waals surface area contributed by atoms with Gasteiger partial charge in [-0.2, -0.15) is 15.1 Å². The summed E-state index contributed by atoms with van der Waals surface area (Å²) >= 11 is 6.04. The van der Waals surface area contributed by atoms with Crippen molar-refractivity contribution in [1.29, 1.82) is 0 Å². The molecule has 0 saturated heterocycles. The number of ether oxygens (including phenoxy) is 1. The van der Waals surface area contributed by atoms with Gasteiger partial charge in [0.05, 0.1) is 24.3 Å². The number of aromatic nitrogens is 6. The third kappa shape index (κ3) is 3.48. The van der Waals surface area contributed by atoms with Crippen LogP contribution in [0.15, 0.2) is 36.7 Å². The lowest BCUT2D eigenvalue weighted by molar-refractivity contribution is 0.162. The number of carbonyl (C=O) groups is 1. The Hall–Kier alpha value is -3.46. The van der Waals surface area contributed by atoms with Crippen LogP contribution in [-0.4, -0.2) is 42.0 Å². The molecule has 0 N–H and O–H groups in total. The number of amides is 1. The fourth-order valence-electron chi connectivity index (χ4n) is 3.16. The van der Waals surface area contributed by atoms with E-state index in [9.17, 15) is 4.79 Å². The summed E-state index contributed by atoms with van der Waals surface area (Å²) in [6.45, 7) is 5.77. The molecule has 3 aromatic heterocycles. The number of hydrogen-bond acceptors (Lipinski definition) is 6. The van der Waals surface area contributed by atoms with Gasteiger partial charge in [0.1, 0.15) is 0 Å². The van der Waals surface area contributed by atoms with E-state index < -0.39 is 6.09 Å². The number of halogens is 1. The zero-order valence-electron chi connectivity index (χ0n) is 17.0. The molecule has 3 heterocycles. The number of benzene rings is 1. The van der Waals surface area contributed by atoms with Crippen LogP contribution in [0.25, 0.3) is 17.1 Å². The number of nitrogens with zero attached hydrogens (tertiary/aromatic N) is 7. The molecule has 0 aliphatic rings. The van der Waals surface area contributed by atoms with Gasteiger partial charge in [0.2, 0.25) is 0 Å². The summed E-state index contributed by atoms with van der Waals surface area (Å²) in [6.07, 6.45) is 1.05. The van der Waals surface area contributed by atoms with Crippen LogP contribution in [-0.2, 0) is 11.8 Å². The molecule has 0 atom stereocenters. The topological polar surface area (TPSA) is 91.0 Å². The van der Waals surface area contributed by atoms with Crippen LogP contribution in [0.1, 0.15) is 18.3 Å². The Balaban J connectivity index is 1.99. The fourth-order valence-corrected chi connectivity index (χ4v) is 3.28. The number of imidazole rings is 1. The zero-order chi connectivity index (χ0) is 21.4. The van der Waals surface area contributed by atoms with E-state index in [1.807, 2.05) is 27.0 Å². The van der Waals surface area contributed by atoms with Gasteiger partial charge in [-0.1, -0.05) is 11.6 Å². The van der Waals surface area contributed by atoms with Crippen LogP contribution in [0.2, 0.25) is 5.02 Å². The Morgan fingerprint density at radius 1 is 1.20 bits per heavy atom. The molecule has 9 nitrogen and oxygen atoms in total. The van der Waals surface area contributed by atoms with Gasteiger partial charge in [0.25, 0.3) is 5.95 Å². The van der Waals surface area contributed by atoms with E-state index in [1.54, 1.807) is 46.8 Å². The molecule has 0 spiro atoms. The Labute approximate surface area is 177 Å². The second kappa shape index (κ2) is 7.75. The first kappa shape index (κ1) is 19.8. The largest absolute Gasteiger partial charge is 0.449 e. The summed E-state index contributed by atoms with van der Waals surface area (Å²) in [7, 11) is 1.83. The van der Waals surface area contributed by atoms with Gasteiger partial charge >= 0.3 is 6.09 Å². The van der Waals surface area contributed by atoms with Crippen molar-refractivity contribution in [3.05, 3.63) is 53.1 Å². The lowest BCUT2D eigenvalue weighted by atomic mass is 10.3. The minimum Gasteiger partial charge on any atom is -0.449 e. The van der Waals surface area contributed by atoms with Crippen LogP contribution in [0.5, 0.6) is 0 Å². The maximum Gasteiger partial charge on any atom is 0.420 e. The average Bonchev–Trinajstić information content (AvgIpc) is 3.25. The highest BCUT2D eigenvalue weighted by Gasteiger charge is 2.27. The monoisotopic (exact) mass is 425 g/mol. The molecule has 0 radical (unpaired) electrons. The first-order valence-corrected chi connectivity index (χ1v) is 9.72. The number of carbonyl (C=O) groups excluding carboxylic acids is 1. The lowest BCUT2D eigenvalue weighted by Crippen LogP contribution is -2.28. The molecule has 4 aromatic rings. The highest BCUT2D eigenvalue weighted by Crippen LogP contribution is 2.31. The summed E-state index contributed by atoms with van der Waals surface area (Å²) in [5.41, 5.74) is 3.27. The van der Waals surface area contributed by atoms with Crippen molar-refractivity contribution < 1.29 is 9.53 Å². The van der Waals surface area contributed by atoms with Crippen molar-refractivity contribution in [3.8, 4) is 5.95 Å². The fraction of sp³-hybridized carbons (Fsp3) is 0.250. The Kier molecular flexibility index (Phi) is 5.13. The molecule has 0 aliphatic carbocycles. The number of aryl methyl sites for hydroxylation is 3. The predicted molar refractivity (Wildman–Crippen MR) is 114 cm³/mol. The van der Waals surface area contributed by atoms with Crippen molar-refractivity contribution >= 4 is 40.4 Å². The van der Waals surface area contributed by atoms with Gasteiger partial charge in [-0.3, -0.25) is 0 Å². The standard InChI is InChI=1S/C20H20ClN7O2/c1-5-30-20(29)27(15-8-6-14(21)7-9-15)18-16-17(26(4)11-22-16)23-19(24-18)28-13(3)10-12(2)25-28/h6-11H,5H2,1-4H3. The highest BCUT2D eigenvalue weighted by atomic mass is 35.5. The van der Waals surface area contributed by atoms with Crippen LogP contribution < -0.4 is 4.90 Å². The molecule has 0 bridgehead atoms. The van der Waals surface area contributed by atoms with Gasteiger partial charge in [0, 0.05) is 17.8 Å². The van der Waals surface area contributed by atoms with E-state index in [4.69, 9.17) is 16.3 Å². The quantitative estimate of drug-likeness (QED) is 0.488. The minimum absolute atomic E-state index is 0.212. The van der Waals surface area contributed by atoms with E-state index in [2.05, 4.69) is 20.1 Å². The summed E-state index contributed by atoms with van der Waals surface area (Å²) in [5, 5.41) is 5.03. The molecule has 10 heteroatoms. The molecule has 0 saturated carbocycles. The second-order valence-corrected chi connectivity index (χ2v) is 7.16. The smallest absolute Gasteiger partial charge is 0.420 e. The molecule has 4 rings (SSSR count).